The maximum Gasteiger partial charge on any atom is 0.119 e. The molecule has 1 aromatic rings. The summed E-state index contributed by atoms with van der Waals surface area (Å²) in [5.74, 6) is 1.61. The normalized spacial score (nSPS) is 16.9. The van der Waals surface area contributed by atoms with Crippen LogP contribution in [-0.4, -0.2) is 30.4 Å². The van der Waals surface area contributed by atoms with Crippen LogP contribution in [0.4, 0.5) is 0 Å². The molecule has 2 rings (SSSR count). The SMILES string of the molecule is CC(C)NC[C@@H](O)COc1ccc(C2CC2)cc1. The van der Waals surface area contributed by atoms with Gasteiger partial charge in [0.25, 0.3) is 0 Å². The van der Waals surface area contributed by atoms with E-state index >= 15 is 0 Å². The van der Waals surface area contributed by atoms with E-state index in [4.69, 9.17) is 4.74 Å². The van der Waals surface area contributed by atoms with E-state index in [0.29, 0.717) is 19.2 Å². The van der Waals surface area contributed by atoms with E-state index in [-0.39, 0.29) is 0 Å². The fraction of sp³-hybridized carbons (Fsp3) is 0.600. The first-order valence-corrected chi connectivity index (χ1v) is 6.79. The minimum atomic E-state index is -0.462. The van der Waals surface area contributed by atoms with E-state index in [0.717, 1.165) is 11.7 Å². The molecule has 0 aromatic heterocycles. The highest BCUT2D eigenvalue weighted by atomic mass is 16.5. The average molecular weight is 249 g/mol. The van der Waals surface area contributed by atoms with Crippen LogP contribution in [0.15, 0.2) is 24.3 Å². The van der Waals surface area contributed by atoms with Crippen molar-refractivity contribution >= 4 is 0 Å². The molecule has 0 amide bonds. The first-order chi connectivity index (χ1) is 8.65. The molecule has 0 bridgehead atoms. The summed E-state index contributed by atoms with van der Waals surface area (Å²) in [5, 5.41) is 12.9. The van der Waals surface area contributed by atoms with Gasteiger partial charge < -0.3 is 15.2 Å². The summed E-state index contributed by atoms with van der Waals surface area (Å²) in [6, 6.07) is 8.64. The molecule has 0 spiro atoms. The third-order valence-corrected chi connectivity index (χ3v) is 3.13. The number of aliphatic hydroxyl groups excluding tert-OH is 1. The lowest BCUT2D eigenvalue weighted by Gasteiger charge is -2.15. The van der Waals surface area contributed by atoms with Gasteiger partial charge in [0.05, 0.1) is 0 Å². The Balaban J connectivity index is 1.72. The number of aliphatic hydroxyl groups is 1. The van der Waals surface area contributed by atoms with Crippen LogP contribution in [0.1, 0.15) is 38.2 Å². The summed E-state index contributed by atoms with van der Waals surface area (Å²) in [4.78, 5) is 0. The molecule has 3 heteroatoms. The number of rotatable bonds is 7. The highest BCUT2D eigenvalue weighted by molar-refractivity contribution is 5.31. The number of nitrogens with one attached hydrogen (secondary N) is 1. The van der Waals surface area contributed by atoms with E-state index in [1.54, 1.807) is 0 Å². The molecule has 0 heterocycles. The molecule has 18 heavy (non-hydrogen) atoms. The standard InChI is InChI=1S/C15H23NO2/c1-11(2)16-9-14(17)10-18-15-7-5-13(6-8-15)12-3-4-12/h5-8,11-12,14,16-17H,3-4,9-10H2,1-2H3/t14-/m1/s1. The molecule has 3 nitrogen and oxygen atoms in total. The lowest BCUT2D eigenvalue weighted by molar-refractivity contribution is 0.104. The quantitative estimate of drug-likeness (QED) is 0.779. The first-order valence-electron chi connectivity index (χ1n) is 6.79. The van der Waals surface area contributed by atoms with Crippen molar-refractivity contribution in [3.8, 4) is 5.75 Å². The Bertz CT molecular complexity index is 357. The number of benzene rings is 1. The lowest BCUT2D eigenvalue weighted by atomic mass is 10.1. The molecule has 1 fully saturated rings. The number of ether oxygens (including phenoxy) is 1. The molecule has 1 aliphatic carbocycles. The van der Waals surface area contributed by atoms with Crippen molar-refractivity contribution in [3.63, 3.8) is 0 Å². The van der Waals surface area contributed by atoms with Gasteiger partial charge in [-0.05, 0) is 36.5 Å². The third kappa shape index (κ3) is 4.31. The molecule has 1 aliphatic rings. The van der Waals surface area contributed by atoms with Crippen LogP contribution in [0.5, 0.6) is 5.75 Å². The maximum atomic E-state index is 9.72. The number of hydrogen-bond acceptors (Lipinski definition) is 3. The molecule has 0 aliphatic heterocycles. The Labute approximate surface area is 109 Å². The molecule has 100 valence electrons. The fourth-order valence-electron chi connectivity index (χ4n) is 1.88. The zero-order valence-electron chi connectivity index (χ0n) is 11.2. The van der Waals surface area contributed by atoms with E-state index in [1.165, 1.54) is 18.4 Å². The highest BCUT2D eigenvalue weighted by Crippen LogP contribution is 2.40. The molecule has 1 saturated carbocycles. The van der Waals surface area contributed by atoms with Gasteiger partial charge in [0.15, 0.2) is 0 Å². The van der Waals surface area contributed by atoms with Crippen LogP contribution in [0.25, 0.3) is 0 Å². The molecule has 0 saturated heterocycles. The van der Waals surface area contributed by atoms with Crippen molar-refractivity contribution in [1.29, 1.82) is 0 Å². The van der Waals surface area contributed by atoms with Gasteiger partial charge in [-0.3, -0.25) is 0 Å². The second-order valence-electron chi connectivity index (χ2n) is 5.37. The minimum Gasteiger partial charge on any atom is -0.491 e. The second kappa shape index (κ2) is 6.21. The third-order valence-electron chi connectivity index (χ3n) is 3.13. The largest absolute Gasteiger partial charge is 0.491 e. The Kier molecular flexibility index (Phi) is 4.61. The lowest BCUT2D eigenvalue weighted by Crippen LogP contribution is -2.35. The Morgan fingerprint density at radius 2 is 1.94 bits per heavy atom. The van der Waals surface area contributed by atoms with Gasteiger partial charge in [-0.25, -0.2) is 0 Å². The van der Waals surface area contributed by atoms with Crippen molar-refractivity contribution < 1.29 is 9.84 Å². The monoisotopic (exact) mass is 249 g/mol. The Morgan fingerprint density at radius 3 is 2.50 bits per heavy atom. The van der Waals surface area contributed by atoms with Crippen molar-refractivity contribution in [3.05, 3.63) is 29.8 Å². The van der Waals surface area contributed by atoms with Gasteiger partial charge in [0.1, 0.15) is 18.5 Å². The zero-order chi connectivity index (χ0) is 13.0. The van der Waals surface area contributed by atoms with Crippen molar-refractivity contribution in [1.82, 2.24) is 5.32 Å². The second-order valence-corrected chi connectivity index (χ2v) is 5.37. The molecule has 1 aromatic carbocycles. The van der Waals surface area contributed by atoms with Crippen molar-refractivity contribution in [2.75, 3.05) is 13.2 Å². The molecule has 1 atom stereocenters. The van der Waals surface area contributed by atoms with Crippen LogP contribution in [0.3, 0.4) is 0 Å². The van der Waals surface area contributed by atoms with E-state index in [9.17, 15) is 5.11 Å². The van der Waals surface area contributed by atoms with Crippen LogP contribution >= 0.6 is 0 Å². The molecule has 2 N–H and O–H groups in total. The van der Waals surface area contributed by atoms with Crippen molar-refractivity contribution in [2.45, 2.75) is 44.8 Å². The van der Waals surface area contributed by atoms with Gasteiger partial charge in [-0.2, -0.15) is 0 Å². The predicted molar refractivity (Wildman–Crippen MR) is 73.1 cm³/mol. The van der Waals surface area contributed by atoms with Crippen molar-refractivity contribution in [2.24, 2.45) is 0 Å². The fourth-order valence-corrected chi connectivity index (χ4v) is 1.88. The van der Waals surface area contributed by atoms with Crippen LogP contribution in [-0.2, 0) is 0 Å². The van der Waals surface area contributed by atoms with Crippen LogP contribution < -0.4 is 10.1 Å². The summed E-state index contributed by atoms with van der Waals surface area (Å²) >= 11 is 0. The summed E-state index contributed by atoms with van der Waals surface area (Å²) in [7, 11) is 0. The maximum absolute atomic E-state index is 9.72. The van der Waals surface area contributed by atoms with Gasteiger partial charge >= 0.3 is 0 Å². The average Bonchev–Trinajstić information content (AvgIpc) is 3.18. The first kappa shape index (κ1) is 13.4. The Hall–Kier alpha value is -1.06. The zero-order valence-corrected chi connectivity index (χ0v) is 11.2. The van der Waals surface area contributed by atoms with Gasteiger partial charge in [-0.1, -0.05) is 26.0 Å². The van der Waals surface area contributed by atoms with Crippen LogP contribution in [0, 0.1) is 0 Å². The molecular formula is C15H23NO2. The van der Waals surface area contributed by atoms with Gasteiger partial charge in [0, 0.05) is 12.6 Å². The summed E-state index contributed by atoms with van der Waals surface area (Å²) in [5.41, 5.74) is 1.41. The highest BCUT2D eigenvalue weighted by Gasteiger charge is 2.22. The van der Waals surface area contributed by atoms with E-state index in [2.05, 4.69) is 31.3 Å². The molecule has 0 unspecified atom stereocenters. The smallest absolute Gasteiger partial charge is 0.119 e. The number of hydrogen-bond donors (Lipinski definition) is 2. The summed E-state index contributed by atoms with van der Waals surface area (Å²) < 4.78 is 5.57. The van der Waals surface area contributed by atoms with E-state index < -0.39 is 6.10 Å². The Morgan fingerprint density at radius 1 is 1.28 bits per heavy atom. The molecule has 0 radical (unpaired) electrons. The topological polar surface area (TPSA) is 41.5 Å². The minimum absolute atomic E-state index is 0.336. The van der Waals surface area contributed by atoms with Crippen LogP contribution in [0.2, 0.25) is 0 Å². The summed E-state index contributed by atoms with van der Waals surface area (Å²) in [6.07, 6.45) is 2.18. The summed E-state index contributed by atoms with van der Waals surface area (Å²) in [6.45, 7) is 5.02. The molecular weight excluding hydrogens is 226 g/mol. The predicted octanol–water partition coefficient (Wildman–Crippen LogP) is 2.30. The van der Waals surface area contributed by atoms with Gasteiger partial charge in [-0.15, -0.1) is 0 Å². The van der Waals surface area contributed by atoms with E-state index in [1.807, 2.05) is 12.1 Å². The van der Waals surface area contributed by atoms with Gasteiger partial charge in [0.2, 0.25) is 0 Å².